The summed E-state index contributed by atoms with van der Waals surface area (Å²) in [4.78, 5) is 25.2. The van der Waals surface area contributed by atoms with Crippen LogP contribution in [0.4, 0.5) is 5.69 Å². The third-order valence-electron chi connectivity index (χ3n) is 2.28. The molecule has 0 aliphatic rings. The van der Waals surface area contributed by atoms with Gasteiger partial charge in [-0.25, -0.2) is 4.98 Å². The van der Waals surface area contributed by atoms with Gasteiger partial charge in [0.25, 0.3) is 0 Å². The Bertz CT molecular complexity index is 553. The number of nitriles is 1. The summed E-state index contributed by atoms with van der Waals surface area (Å²) in [7, 11) is 0. The van der Waals surface area contributed by atoms with E-state index in [1.807, 2.05) is 0 Å². The fraction of sp³-hybridized carbons (Fsp3) is 0.364. The Morgan fingerprint density at radius 1 is 1.63 bits per heavy atom. The molecule has 1 N–H and O–H groups in total. The maximum Gasteiger partial charge on any atom is 0.319 e. The quantitative estimate of drug-likeness (QED) is 0.498. The minimum atomic E-state index is -1.07. The number of carboxylic acids is 1. The Hall–Kier alpha value is -2.14. The molecule has 0 saturated carbocycles. The zero-order chi connectivity index (χ0) is 14.6. The standard InChI is InChI=1S/C11H11N3O4S/c1-6(2)9(11(15)16)19-10-8(14(17)18)7(5-12)3-4-13-10/h3-4,6,9H,1-2H3,(H,15,16). The molecule has 0 aliphatic heterocycles. The van der Waals surface area contributed by atoms with Crippen molar-refractivity contribution in [1.29, 1.82) is 5.26 Å². The van der Waals surface area contributed by atoms with Gasteiger partial charge in [-0.15, -0.1) is 0 Å². The average molecular weight is 281 g/mol. The highest BCUT2D eigenvalue weighted by molar-refractivity contribution is 8.00. The maximum atomic E-state index is 11.1. The number of hydrogen-bond acceptors (Lipinski definition) is 6. The van der Waals surface area contributed by atoms with Crippen LogP contribution in [0.3, 0.4) is 0 Å². The Balaban J connectivity index is 3.25. The SMILES string of the molecule is CC(C)C(Sc1nccc(C#N)c1[N+](=O)[O-])C(=O)O. The molecule has 0 amide bonds. The van der Waals surface area contributed by atoms with Gasteiger partial charge >= 0.3 is 11.7 Å². The minimum absolute atomic E-state index is 0.0508. The van der Waals surface area contributed by atoms with Crippen LogP contribution in [0.2, 0.25) is 0 Å². The summed E-state index contributed by atoms with van der Waals surface area (Å²) in [6.45, 7) is 3.40. The van der Waals surface area contributed by atoms with E-state index < -0.39 is 21.8 Å². The summed E-state index contributed by atoms with van der Waals surface area (Å²) in [5, 5.41) is 28.0. The molecule has 7 nitrogen and oxygen atoms in total. The molecule has 100 valence electrons. The van der Waals surface area contributed by atoms with E-state index in [1.54, 1.807) is 19.9 Å². The molecule has 19 heavy (non-hydrogen) atoms. The van der Waals surface area contributed by atoms with Gasteiger partial charge in [-0.2, -0.15) is 5.26 Å². The maximum absolute atomic E-state index is 11.1. The van der Waals surface area contributed by atoms with Gasteiger partial charge in [0.1, 0.15) is 16.9 Å². The second-order valence-corrected chi connectivity index (χ2v) is 5.13. The fourth-order valence-electron chi connectivity index (χ4n) is 1.38. The van der Waals surface area contributed by atoms with E-state index in [0.29, 0.717) is 0 Å². The van der Waals surface area contributed by atoms with E-state index in [1.165, 1.54) is 12.3 Å². The lowest BCUT2D eigenvalue weighted by Crippen LogP contribution is -2.22. The number of thioether (sulfide) groups is 1. The molecule has 0 bridgehead atoms. The van der Waals surface area contributed by atoms with Crippen LogP contribution in [-0.2, 0) is 4.79 Å². The lowest BCUT2D eigenvalue weighted by Gasteiger charge is -2.14. The van der Waals surface area contributed by atoms with Gasteiger partial charge in [0.2, 0.25) is 0 Å². The van der Waals surface area contributed by atoms with E-state index in [9.17, 15) is 14.9 Å². The number of nitro groups is 1. The number of aliphatic carboxylic acids is 1. The topological polar surface area (TPSA) is 117 Å². The number of carbonyl (C=O) groups is 1. The lowest BCUT2D eigenvalue weighted by atomic mass is 10.1. The molecule has 1 aromatic heterocycles. The van der Waals surface area contributed by atoms with Crippen molar-refractivity contribution in [2.24, 2.45) is 5.92 Å². The van der Waals surface area contributed by atoms with E-state index in [2.05, 4.69) is 4.98 Å². The Labute approximate surface area is 113 Å². The predicted molar refractivity (Wildman–Crippen MR) is 67.7 cm³/mol. The zero-order valence-corrected chi connectivity index (χ0v) is 11.0. The zero-order valence-electron chi connectivity index (χ0n) is 10.2. The van der Waals surface area contributed by atoms with Crippen LogP contribution in [-0.4, -0.2) is 26.2 Å². The first-order valence-electron chi connectivity index (χ1n) is 5.31. The van der Waals surface area contributed by atoms with Crippen LogP contribution < -0.4 is 0 Å². The van der Waals surface area contributed by atoms with Gasteiger partial charge in [-0.3, -0.25) is 14.9 Å². The molecular formula is C11H11N3O4S. The summed E-state index contributed by atoms with van der Waals surface area (Å²) in [6, 6.07) is 2.94. The number of pyridine rings is 1. The third-order valence-corrected chi connectivity index (χ3v) is 3.80. The molecule has 1 rings (SSSR count). The van der Waals surface area contributed by atoms with Crippen molar-refractivity contribution < 1.29 is 14.8 Å². The van der Waals surface area contributed by atoms with E-state index in [0.717, 1.165) is 11.8 Å². The molecule has 0 radical (unpaired) electrons. The second-order valence-electron chi connectivity index (χ2n) is 4.00. The molecule has 8 heteroatoms. The summed E-state index contributed by atoms with van der Waals surface area (Å²) in [5.74, 6) is -1.30. The highest BCUT2D eigenvalue weighted by Gasteiger charge is 2.29. The van der Waals surface area contributed by atoms with Crippen LogP contribution in [0.5, 0.6) is 0 Å². The first-order valence-corrected chi connectivity index (χ1v) is 6.19. The average Bonchev–Trinajstić information content (AvgIpc) is 2.34. The molecule has 0 spiro atoms. The van der Waals surface area contributed by atoms with E-state index in [4.69, 9.17) is 10.4 Å². The lowest BCUT2D eigenvalue weighted by molar-refractivity contribution is -0.388. The van der Waals surface area contributed by atoms with Crippen LogP contribution in [0.1, 0.15) is 19.4 Å². The Morgan fingerprint density at radius 2 is 2.26 bits per heavy atom. The molecule has 0 fully saturated rings. The van der Waals surface area contributed by atoms with Crippen molar-refractivity contribution in [3.63, 3.8) is 0 Å². The normalized spacial score (nSPS) is 11.9. The van der Waals surface area contributed by atoms with Crippen LogP contribution >= 0.6 is 11.8 Å². The van der Waals surface area contributed by atoms with E-state index >= 15 is 0 Å². The highest BCUT2D eigenvalue weighted by Crippen LogP contribution is 2.35. The van der Waals surface area contributed by atoms with Crippen molar-refractivity contribution in [1.82, 2.24) is 4.98 Å². The minimum Gasteiger partial charge on any atom is -0.480 e. The molecular weight excluding hydrogens is 270 g/mol. The van der Waals surface area contributed by atoms with E-state index in [-0.39, 0.29) is 16.5 Å². The van der Waals surface area contributed by atoms with Crippen molar-refractivity contribution >= 4 is 23.4 Å². The van der Waals surface area contributed by atoms with Crippen molar-refractivity contribution in [3.8, 4) is 6.07 Å². The van der Waals surface area contributed by atoms with Gasteiger partial charge in [0, 0.05) is 6.20 Å². The number of aromatic nitrogens is 1. The van der Waals surface area contributed by atoms with Gasteiger partial charge in [-0.1, -0.05) is 25.6 Å². The molecule has 1 unspecified atom stereocenters. The molecule has 0 aromatic carbocycles. The van der Waals surface area contributed by atoms with Crippen LogP contribution in [0.25, 0.3) is 0 Å². The van der Waals surface area contributed by atoms with Gasteiger partial charge < -0.3 is 5.11 Å². The Morgan fingerprint density at radius 3 is 2.68 bits per heavy atom. The van der Waals surface area contributed by atoms with Crippen molar-refractivity contribution in [2.45, 2.75) is 24.1 Å². The second kappa shape index (κ2) is 6.15. The Kier molecular flexibility index (Phi) is 4.83. The van der Waals surface area contributed by atoms with Crippen LogP contribution in [0.15, 0.2) is 17.3 Å². The molecule has 1 heterocycles. The predicted octanol–water partition coefficient (Wildman–Crippen LogP) is 2.06. The molecule has 0 saturated heterocycles. The molecule has 1 atom stereocenters. The summed E-state index contributed by atoms with van der Waals surface area (Å²) in [6.07, 6.45) is 1.26. The molecule has 0 aliphatic carbocycles. The van der Waals surface area contributed by atoms with Crippen molar-refractivity contribution in [2.75, 3.05) is 0 Å². The summed E-state index contributed by atoms with van der Waals surface area (Å²) >= 11 is 0.786. The van der Waals surface area contributed by atoms with Crippen molar-refractivity contribution in [3.05, 3.63) is 27.9 Å². The monoisotopic (exact) mass is 281 g/mol. The summed E-state index contributed by atoms with van der Waals surface area (Å²) < 4.78 is 0. The van der Waals surface area contributed by atoms with Gasteiger partial charge in [0.05, 0.1) is 4.92 Å². The smallest absolute Gasteiger partial charge is 0.319 e. The number of rotatable bonds is 5. The molecule has 1 aromatic rings. The van der Waals surface area contributed by atoms with Gasteiger partial charge in [0.15, 0.2) is 5.03 Å². The number of carboxylic acid groups (broad SMARTS) is 1. The third kappa shape index (κ3) is 3.42. The first kappa shape index (κ1) is 14.9. The number of nitrogens with zero attached hydrogens (tertiary/aromatic N) is 3. The fourth-order valence-corrected chi connectivity index (χ4v) is 2.41. The van der Waals surface area contributed by atoms with Gasteiger partial charge in [-0.05, 0) is 12.0 Å². The highest BCUT2D eigenvalue weighted by atomic mass is 32.2. The summed E-state index contributed by atoms with van der Waals surface area (Å²) in [5.41, 5.74) is -0.572. The first-order chi connectivity index (χ1) is 8.88. The largest absolute Gasteiger partial charge is 0.480 e. The number of hydrogen-bond donors (Lipinski definition) is 1. The van der Waals surface area contributed by atoms with Crippen LogP contribution in [0, 0.1) is 27.4 Å².